The summed E-state index contributed by atoms with van der Waals surface area (Å²) in [5.41, 5.74) is 0.385. The molecule has 2 saturated heterocycles. The zero-order chi connectivity index (χ0) is 15.6. The molecular weight excluding hydrogens is 276 g/mol. The number of carbonyl (C=O) groups excluding carboxylic acids is 2. The molecule has 1 unspecified atom stereocenters. The summed E-state index contributed by atoms with van der Waals surface area (Å²) >= 11 is 0. The molecule has 0 N–H and O–H groups in total. The van der Waals surface area contributed by atoms with Crippen LogP contribution in [0.3, 0.4) is 0 Å². The fraction of sp³-hybridized carbons (Fsp3) is 0.778. The maximum Gasteiger partial charge on any atom is 0.228 e. The van der Waals surface area contributed by atoms with E-state index >= 15 is 0 Å². The molecule has 1 aliphatic carbocycles. The van der Waals surface area contributed by atoms with Gasteiger partial charge in [-0.05, 0) is 24.7 Å². The largest absolute Gasteiger partial charge is 0.342 e. The standard InChI is InChI=1S/C18H28N2O2/c1-2-10-19-13-15(12-16(19)21)17(22)20-11-9-18(14-20)7-5-3-4-6-8-18/h2,15H,1,3-14H2. The number of likely N-dealkylation sites (tertiary alicyclic amines) is 2. The van der Waals surface area contributed by atoms with Gasteiger partial charge in [0.2, 0.25) is 11.8 Å². The van der Waals surface area contributed by atoms with Crippen molar-refractivity contribution < 1.29 is 9.59 Å². The highest BCUT2D eigenvalue weighted by atomic mass is 16.2. The van der Waals surface area contributed by atoms with E-state index in [9.17, 15) is 9.59 Å². The van der Waals surface area contributed by atoms with Gasteiger partial charge in [0.15, 0.2) is 0 Å². The molecule has 0 aromatic heterocycles. The Kier molecular flexibility index (Phi) is 4.55. The van der Waals surface area contributed by atoms with Gasteiger partial charge < -0.3 is 9.80 Å². The minimum atomic E-state index is -0.131. The highest BCUT2D eigenvalue weighted by Gasteiger charge is 2.43. The van der Waals surface area contributed by atoms with Gasteiger partial charge in [0.05, 0.1) is 5.92 Å². The molecule has 3 aliphatic rings. The Balaban J connectivity index is 1.60. The van der Waals surface area contributed by atoms with Crippen LogP contribution < -0.4 is 0 Å². The van der Waals surface area contributed by atoms with E-state index in [0.29, 0.717) is 24.9 Å². The van der Waals surface area contributed by atoms with Crippen molar-refractivity contribution in [2.75, 3.05) is 26.2 Å². The molecule has 1 atom stereocenters. The number of nitrogens with zero attached hydrogens (tertiary/aromatic N) is 2. The molecule has 3 rings (SSSR count). The molecule has 3 fully saturated rings. The Labute approximate surface area is 133 Å². The summed E-state index contributed by atoms with van der Waals surface area (Å²) in [5.74, 6) is 0.177. The first-order valence-electron chi connectivity index (χ1n) is 8.81. The molecule has 2 heterocycles. The van der Waals surface area contributed by atoms with Gasteiger partial charge in [-0.3, -0.25) is 9.59 Å². The summed E-state index contributed by atoms with van der Waals surface area (Å²) in [5, 5.41) is 0. The molecule has 0 aromatic carbocycles. The van der Waals surface area contributed by atoms with Gasteiger partial charge in [0.25, 0.3) is 0 Å². The minimum absolute atomic E-state index is 0.0987. The maximum absolute atomic E-state index is 12.8. The van der Waals surface area contributed by atoms with Crippen molar-refractivity contribution in [3.05, 3.63) is 12.7 Å². The van der Waals surface area contributed by atoms with Crippen molar-refractivity contribution in [1.82, 2.24) is 9.80 Å². The summed E-state index contributed by atoms with van der Waals surface area (Å²) in [7, 11) is 0. The number of amides is 2. The second-order valence-corrected chi connectivity index (χ2v) is 7.41. The van der Waals surface area contributed by atoms with Crippen LogP contribution in [0.15, 0.2) is 12.7 Å². The fourth-order valence-corrected chi connectivity index (χ4v) is 4.54. The quantitative estimate of drug-likeness (QED) is 0.752. The van der Waals surface area contributed by atoms with E-state index in [0.717, 1.165) is 19.5 Å². The van der Waals surface area contributed by atoms with Crippen LogP contribution in [0.4, 0.5) is 0 Å². The van der Waals surface area contributed by atoms with Crippen LogP contribution in [0.2, 0.25) is 0 Å². The van der Waals surface area contributed by atoms with Gasteiger partial charge in [0.1, 0.15) is 0 Å². The second kappa shape index (κ2) is 6.43. The zero-order valence-corrected chi connectivity index (χ0v) is 13.6. The predicted octanol–water partition coefficient (Wildman–Crippen LogP) is 2.59. The first-order valence-corrected chi connectivity index (χ1v) is 8.81. The maximum atomic E-state index is 12.8. The minimum Gasteiger partial charge on any atom is -0.342 e. The number of hydrogen-bond donors (Lipinski definition) is 0. The molecule has 2 amide bonds. The smallest absolute Gasteiger partial charge is 0.228 e. The van der Waals surface area contributed by atoms with Gasteiger partial charge in [0, 0.05) is 32.6 Å². The van der Waals surface area contributed by atoms with Crippen molar-refractivity contribution >= 4 is 11.8 Å². The summed E-state index contributed by atoms with van der Waals surface area (Å²) in [6.07, 6.45) is 11.2. The Hall–Kier alpha value is -1.32. The van der Waals surface area contributed by atoms with Crippen molar-refractivity contribution in [3.8, 4) is 0 Å². The normalized spacial score (nSPS) is 28.2. The molecule has 22 heavy (non-hydrogen) atoms. The van der Waals surface area contributed by atoms with E-state index in [1.54, 1.807) is 11.0 Å². The van der Waals surface area contributed by atoms with E-state index in [2.05, 4.69) is 11.5 Å². The van der Waals surface area contributed by atoms with Crippen LogP contribution in [-0.4, -0.2) is 47.8 Å². The lowest BCUT2D eigenvalue weighted by atomic mass is 9.80. The Morgan fingerprint density at radius 2 is 1.95 bits per heavy atom. The van der Waals surface area contributed by atoms with Gasteiger partial charge >= 0.3 is 0 Å². The monoisotopic (exact) mass is 304 g/mol. The molecular formula is C18H28N2O2. The SMILES string of the molecule is C=CCN1CC(C(=O)N2CCC3(CCCCCC3)C2)CC1=O. The van der Waals surface area contributed by atoms with Crippen molar-refractivity contribution in [1.29, 1.82) is 0 Å². The lowest BCUT2D eigenvalue weighted by molar-refractivity contribution is -0.135. The van der Waals surface area contributed by atoms with E-state index in [1.165, 1.54) is 38.5 Å². The van der Waals surface area contributed by atoms with Crippen LogP contribution in [0.25, 0.3) is 0 Å². The Morgan fingerprint density at radius 3 is 2.64 bits per heavy atom. The molecule has 0 radical (unpaired) electrons. The lowest BCUT2D eigenvalue weighted by Crippen LogP contribution is -2.37. The van der Waals surface area contributed by atoms with E-state index in [4.69, 9.17) is 0 Å². The highest BCUT2D eigenvalue weighted by Crippen LogP contribution is 2.43. The van der Waals surface area contributed by atoms with Gasteiger partial charge in [-0.15, -0.1) is 6.58 Å². The molecule has 1 saturated carbocycles. The van der Waals surface area contributed by atoms with Crippen LogP contribution in [-0.2, 0) is 9.59 Å². The van der Waals surface area contributed by atoms with E-state index in [1.807, 2.05) is 0 Å². The molecule has 122 valence electrons. The van der Waals surface area contributed by atoms with Crippen molar-refractivity contribution in [2.45, 2.75) is 51.4 Å². The Morgan fingerprint density at radius 1 is 1.23 bits per heavy atom. The third-order valence-corrected chi connectivity index (χ3v) is 5.83. The van der Waals surface area contributed by atoms with Crippen LogP contribution >= 0.6 is 0 Å². The van der Waals surface area contributed by atoms with Gasteiger partial charge in [-0.1, -0.05) is 31.8 Å². The van der Waals surface area contributed by atoms with Crippen LogP contribution in [0.5, 0.6) is 0 Å². The van der Waals surface area contributed by atoms with E-state index < -0.39 is 0 Å². The summed E-state index contributed by atoms with van der Waals surface area (Å²) in [6, 6.07) is 0. The third kappa shape index (κ3) is 3.06. The molecule has 4 nitrogen and oxygen atoms in total. The average molecular weight is 304 g/mol. The summed E-state index contributed by atoms with van der Waals surface area (Å²) < 4.78 is 0. The number of rotatable bonds is 3. The Bertz CT molecular complexity index is 452. The van der Waals surface area contributed by atoms with Crippen molar-refractivity contribution in [3.63, 3.8) is 0 Å². The first kappa shape index (κ1) is 15.6. The molecule has 2 aliphatic heterocycles. The van der Waals surface area contributed by atoms with Crippen LogP contribution in [0.1, 0.15) is 51.4 Å². The molecule has 0 aromatic rings. The summed E-state index contributed by atoms with van der Waals surface area (Å²) in [6.45, 7) is 6.64. The predicted molar refractivity (Wildman–Crippen MR) is 86.2 cm³/mol. The lowest BCUT2D eigenvalue weighted by Gasteiger charge is -2.28. The van der Waals surface area contributed by atoms with Gasteiger partial charge in [-0.25, -0.2) is 0 Å². The molecule has 1 spiro atoms. The molecule has 4 heteroatoms. The van der Waals surface area contributed by atoms with Gasteiger partial charge in [-0.2, -0.15) is 0 Å². The van der Waals surface area contributed by atoms with Crippen molar-refractivity contribution in [2.24, 2.45) is 11.3 Å². The number of hydrogen-bond acceptors (Lipinski definition) is 2. The topological polar surface area (TPSA) is 40.6 Å². The molecule has 0 bridgehead atoms. The summed E-state index contributed by atoms with van der Waals surface area (Å²) in [4.78, 5) is 28.5. The van der Waals surface area contributed by atoms with Crippen LogP contribution in [0, 0.1) is 11.3 Å². The first-order chi connectivity index (χ1) is 10.6. The highest BCUT2D eigenvalue weighted by molar-refractivity contribution is 5.89. The second-order valence-electron chi connectivity index (χ2n) is 7.41. The average Bonchev–Trinajstić information content (AvgIpc) is 2.99. The zero-order valence-electron chi connectivity index (χ0n) is 13.6. The fourth-order valence-electron chi connectivity index (χ4n) is 4.54. The van der Waals surface area contributed by atoms with E-state index in [-0.39, 0.29) is 17.7 Å². The third-order valence-electron chi connectivity index (χ3n) is 5.83. The number of carbonyl (C=O) groups is 2.